The lowest BCUT2D eigenvalue weighted by atomic mass is 9.79. The molecular formula is C39H47N5O6. The van der Waals surface area contributed by atoms with Crippen molar-refractivity contribution >= 4 is 23.5 Å². The second kappa shape index (κ2) is 16.1. The van der Waals surface area contributed by atoms with E-state index in [1.54, 1.807) is 31.5 Å². The molecule has 50 heavy (non-hydrogen) atoms. The molecule has 6 atom stereocenters. The van der Waals surface area contributed by atoms with Crippen molar-refractivity contribution in [2.75, 3.05) is 26.3 Å². The summed E-state index contributed by atoms with van der Waals surface area (Å²) in [6, 6.07) is 18.7. The minimum absolute atomic E-state index is 0.106. The van der Waals surface area contributed by atoms with Crippen molar-refractivity contribution in [1.82, 2.24) is 25.8 Å². The van der Waals surface area contributed by atoms with Gasteiger partial charge in [0, 0.05) is 38.4 Å². The van der Waals surface area contributed by atoms with E-state index in [2.05, 4.69) is 25.8 Å². The summed E-state index contributed by atoms with van der Waals surface area (Å²) in [5.41, 5.74) is 2.95. The van der Waals surface area contributed by atoms with Crippen molar-refractivity contribution in [2.45, 2.75) is 82.3 Å². The number of pyridine rings is 1. The van der Waals surface area contributed by atoms with Gasteiger partial charge >= 0.3 is 0 Å². The number of amides is 3. The molecule has 2 saturated heterocycles. The molecule has 2 aliphatic heterocycles. The second-order valence-corrected chi connectivity index (χ2v) is 13.9. The van der Waals surface area contributed by atoms with Gasteiger partial charge in [-0.1, -0.05) is 61.5 Å². The quantitative estimate of drug-likeness (QED) is 0.221. The number of carbonyl (C=O) groups is 4. The summed E-state index contributed by atoms with van der Waals surface area (Å²) in [7, 11) is 0. The average Bonchev–Trinajstić information content (AvgIpc) is 3.84. The maximum absolute atomic E-state index is 14.0. The number of nitrogens with zero attached hydrogens (tertiary/aromatic N) is 2. The maximum Gasteiger partial charge on any atom is 0.243 e. The Morgan fingerprint density at radius 3 is 2.30 bits per heavy atom. The molecule has 3 aromatic rings. The Hall–Kier alpha value is -4.45. The van der Waals surface area contributed by atoms with Crippen LogP contribution in [0.2, 0.25) is 0 Å². The van der Waals surface area contributed by atoms with E-state index in [-0.39, 0.29) is 36.6 Å². The molecule has 3 fully saturated rings. The van der Waals surface area contributed by atoms with Gasteiger partial charge in [-0.25, -0.2) is 0 Å². The van der Waals surface area contributed by atoms with Gasteiger partial charge in [0.15, 0.2) is 11.4 Å². The lowest BCUT2D eigenvalue weighted by molar-refractivity contribution is -0.134. The van der Waals surface area contributed by atoms with Gasteiger partial charge in [0.1, 0.15) is 12.1 Å². The number of nitrogens with one attached hydrogen (secondary N) is 3. The minimum Gasteiger partial charge on any atom is -0.379 e. The first kappa shape index (κ1) is 35.4. The summed E-state index contributed by atoms with van der Waals surface area (Å²) in [6.07, 6.45) is 4.76. The number of epoxide rings is 1. The molecule has 2 aromatic carbocycles. The molecule has 11 heteroatoms. The van der Waals surface area contributed by atoms with Gasteiger partial charge in [0.05, 0.1) is 31.8 Å². The number of carbonyl (C=O) groups excluding carboxylic acids is 4. The van der Waals surface area contributed by atoms with Crippen molar-refractivity contribution in [1.29, 1.82) is 0 Å². The monoisotopic (exact) mass is 681 g/mol. The van der Waals surface area contributed by atoms with Crippen LogP contribution in [0, 0.1) is 5.92 Å². The van der Waals surface area contributed by atoms with Gasteiger partial charge in [-0.3, -0.25) is 29.1 Å². The molecule has 11 nitrogen and oxygen atoms in total. The Kier molecular flexibility index (Phi) is 11.4. The van der Waals surface area contributed by atoms with Crippen LogP contribution in [0.25, 0.3) is 0 Å². The molecule has 1 aliphatic carbocycles. The molecular weight excluding hydrogens is 634 g/mol. The zero-order chi connectivity index (χ0) is 35.1. The molecule has 1 aromatic heterocycles. The molecule has 0 spiro atoms. The molecule has 3 unspecified atom stereocenters. The van der Waals surface area contributed by atoms with Crippen molar-refractivity contribution in [2.24, 2.45) is 5.92 Å². The molecule has 264 valence electrons. The third-order valence-corrected chi connectivity index (χ3v) is 10.0. The summed E-state index contributed by atoms with van der Waals surface area (Å²) in [5.74, 6) is -1.26. The molecule has 3 N–H and O–H groups in total. The van der Waals surface area contributed by atoms with Crippen LogP contribution < -0.4 is 16.0 Å². The highest BCUT2D eigenvalue weighted by Gasteiger charge is 2.65. The first-order chi connectivity index (χ1) is 24.2. The normalized spacial score (nSPS) is 24.4. The smallest absolute Gasteiger partial charge is 0.243 e. The molecule has 3 heterocycles. The van der Waals surface area contributed by atoms with Crippen molar-refractivity contribution < 1.29 is 28.7 Å². The first-order valence-electron chi connectivity index (χ1n) is 17.6. The Balaban J connectivity index is 1.13. The van der Waals surface area contributed by atoms with Crippen LogP contribution in [0.5, 0.6) is 0 Å². The van der Waals surface area contributed by atoms with Crippen LogP contribution in [-0.4, -0.2) is 89.5 Å². The number of aryl methyl sites for hydroxylation is 1. The Bertz CT molecular complexity index is 1630. The predicted octanol–water partition coefficient (Wildman–Crippen LogP) is 2.55. The van der Waals surface area contributed by atoms with Gasteiger partial charge in [-0.15, -0.1) is 0 Å². The zero-order valence-electron chi connectivity index (χ0n) is 28.8. The van der Waals surface area contributed by atoms with Crippen LogP contribution in [0.15, 0.2) is 79.1 Å². The highest BCUT2D eigenvalue weighted by atomic mass is 16.6. The van der Waals surface area contributed by atoms with Gasteiger partial charge in [-0.05, 0) is 66.5 Å². The number of rotatable bonds is 14. The van der Waals surface area contributed by atoms with E-state index in [1.165, 1.54) is 0 Å². The standard InChI is InChI=1S/C39H47N5O6/c1-26-22-32(35(46)39(2)36(26)50-39)42-38(48)33(23-29-14-16-40-17-15-29)43-37(47)31(13-12-27-6-4-3-5-7-27)41-34(45)24-28-8-10-30(11-9-28)25-44-18-20-49-21-19-44/h3-11,14-17,26,31-33,36H,12-13,18-25H2,1-2H3,(H,41,45)(H,42,48)(H,43,47)/t26?,31-,32?,33-,36?,39-/m0/s1. The number of hydrogen-bond donors (Lipinski definition) is 3. The lowest BCUT2D eigenvalue weighted by Crippen LogP contribution is -2.58. The van der Waals surface area contributed by atoms with E-state index >= 15 is 0 Å². The average molecular weight is 682 g/mol. The van der Waals surface area contributed by atoms with Crippen LogP contribution in [0.3, 0.4) is 0 Å². The molecule has 6 rings (SSSR count). The third kappa shape index (κ3) is 9.01. The number of fused-ring (bicyclic) bond motifs is 1. The summed E-state index contributed by atoms with van der Waals surface area (Å²) in [6.45, 7) is 7.88. The number of aromatic nitrogens is 1. The number of ketones is 1. The molecule has 3 aliphatic rings. The zero-order valence-corrected chi connectivity index (χ0v) is 28.8. The number of Topliss-reactive ketones (excluding diaryl/α,β-unsaturated/α-hetero) is 1. The fourth-order valence-electron chi connectivity index (χ4n) is 7.10. The summed E-state index contributed by atoms with van der Waals surface area (Å²) in [5, 5.41) is 8.78. The summed E-state index contributed by atoms with van der Waals surface area (Å²) in [4.78, 5) is 60.8. The topological polar surface area (TPSA) is 142 Å². The maximum atomic E-state index is 14.0. The fourth-order valence-corrected chi connectivity index (χ4v) is 7.10. The Labute approximate surface area is 293 Å². The van der Waals surface area contributed by atoms with E-state index in [9.17, 15) is 19.2 Å². The van der Waals surface area contributed by atoms with E-state index in [1.807, 2.05) is 61.5 Å². The molecule has 3 amide bonds. The number of ether oxygens (including phenoxy) is 2. The lowest BCUT2D eigenvalue weighted by Gasteiger charge is -2.29. The van der Waals surface area contributed by atoms with Crippen LogP contribution in [-0.2, 0) is 54.5 Å². The Morgan fingerprint density at radius 1 is 0.880 bits per heavy atom. The van der Waals surface area contributed by atoms with Gasteiger partial charge in [0.2, 0.25) is 17.7 Å². The van der Waals surface area contributed by atoms with Crippen LogP contribution >= 0.6 is 0 Å². The fraction of sp³-hybridized carbons (Fsp3) is 0.462. The number of benzene rings is 2. The predicted molar refractivity (Wildman–Crippen MR) is 187 cm³/mol. The van der Waals surface area contributed by atoms with Gasteiger partial charge in [-0.2, -0.15) is 0 Å². The van der Waals surface area contributed by atoms with E-state index < -0.39 is 35.5 Å². The Morgan fingerprint density at radius 2 is 1.58 bits per heavy atom. The highest BCUT2D eigenvalue weighted by molar-refractivity contribution is 5.99. The van der Waals surface area contributed by atoms with E-state index in [0.717, 1.165) is 55.1 Å². The largest absolute Gasteiger partial charge is 0.379 e. The minimum atomic E-state index is -0.992. The second-order valence-electron chi connectivity index (χ2n) is 13.9. The van der Waals surface area contributed by atoms with Crippen molar-refractivity contribution in [3.8, 4) is 0 Å². The summed E-state index contributed by atoms with van der Waals surface area (Å²) >= 11 is 0. The van der Waals surface area contributed by atoms with Gasteiger partial charge in [0.25, 0.3) is 0 Å². The summed E-state index contributed by atoms with van der Waals surface area (Å²) < 4.78 is 11.2. The number of morpholine rings is 1. The molecule has 0 bridgehead atoms. The van der Waals surface area contributed by atoms with Crippen molar-refractivity contribution in [3.63, 3.8) is 0 Å². The first-order valence-corrected chi connectivity index (χ1v) is 17.6. The number of hydrogen-bond acceptors (Lipinski definition) is 8. The molecule has 0 radical (unpaired) electrons. The SMILES string of the molecule is CC1CC(NC(=O)[C@H](Cc2ccncc2)NC(=O)[C@H](CCc2ccccc2)NC(=O)Cc2ccc(CN3CCOCC3)cc2)C(=O)[C@]2(C)OC12. The molecule has 1 saturated carbocycles. The van der Waals surface area contributed by atoms with E-state index in [4.69, 9.17) is 9.47 Å². The highest BCUT2D eigenvalue weighted by Crippen LogP contribution is 2.48. The van der Waals surface area contributed by atoms with Gasteiger partial charge < -0.3 is 25.4 Å². The third-order valence-electron chi connectivity index (χ3n) is 10.0. The van der Waals surface area contributed by atoms with Crippen LogP contribution in [0.4, 0.5) is 0 Å². The van der Waals surface area contributed by atoms with Crippen LogP contribution in [0.1, 0.15) is 48.9 Å². The van der Waals surface area contributed by atoms with Crippen molar-refractivity contribution in [3.05, 3.63) is 101 Å². The van der Waals surface area contributed by atoms with E-state index in [0.29, 0.717) is 19.3 Å².